The van der Waals surface area contributed by atoms with E-state index < -0.39 is 17.7 Å². The number of nitrogens with zero attached hydrogens (tertiary/aromatic N) is 1. The predicted molar refractivity (Wildman–Crippen MR) is 122 cm³/mol. The van der Waals surface area contributed by atoms with Gasteiger partial charge in [-0.2, -0.15) is 13.2 Å². The number of carboxylic acids is 1. The van der Waals surface area contributed by atoms with Crippen LogP contribution in [0.4, 0.5) is 13.2 Å². The van der Waals surface area contributed by atoms with Crippen LogP contribution in [0.25, 0.3) is 0 Å². The van der Waals surface area contributed by atoms with Crippen molar-refractivity contribution in [2.75, 3.05) is 19.6 Å². The second-order valence-electron chi connectivity index (χ2n) is 8.68. The molecule has 0 aromatic rings. The topological polar surface area (TPSA) is 49.8 Å². The summed E-state index contributed by atoms with van der Waals surface area (Å²) in [5.41, 5.74) is 0.0683. The number of alkyl halides is 3. The van der Waals surface area contributed by atoms with Gasteiger partial charge in [0.1, 0.15) is 11.3 Å². The number of likely N-dealkylation sites (tertiary alicyclic amines) is 1. The minimum absolute atomic E-state index is 0.0259. The van der Waals surface area contributed by atoms with E-state index in [1.165, 1.54) is 0 Å². The molecule has 4 nitrogen and oxygen atoms in total. The molecule has 1 saturated heterocycles. The van der Waals surface area contributed by atoms with E-state index in [2.05, 4.69) is 11.5 Å². The Balaban J connectivity index is 3.20. The van der Waals surface area contributed by atoms with Gasteiger partial charge in [-0.25, -0.2) is 0 Å². The van der Waals surface area contributed by atoms with Crippen molar-refractivity contribution in [3.63, 3.8) is 0 Å². The zero-order valence-corrected chi connectivity index (χ0v) is 20.1. The maximum Gasteiger partial charge on any atom is 0.420 e. The second kappa shape index (κ2) is 13.7. The van der Waals surface area contributed by atoms with Gasteiger partial charge in [0, 0.05) is 19.5 Å². The molecule has 2 unspecified atom stereocenters. The van der Waals surface area contributed by atoms with Gasteiger partial charge in [0.15, 0.2) is 0 Å². The summed E-state index contributed by atoms with van der Waals surface area (Å²) in [5.74, 6) is -1.12. The van der Waals surface area contributed by atoms with Crippen molar-refractivity contribution in [1.82, 2.24) is 4.90 Å². The molecule has 184 valence electrons. The lowest BCUT2D eigenvalue weighted by atomic mass is 9.91. The first kappa shape index (κ1) is 28.3. The summed E-state index contributed by atoms with van der Waals surface area (Å²) in [6.45, 7) is 12.8. The third kappa shape index (κ3) is 9.39. The first-order valence-corrected chi connectivity index (χ1v) is 11.8. The number of ether oxygens (including phenoxy) is 1. The molecular weight excluding hydrogens is 419 g/mol. The molecule has 0 aliphatic carbocycles. The minimum Gasteiger partial charge on any atom is -0.491 e. The van der Waals surface area contributed by atoms with Crippen LogP contribution < -0.4 is 0 Å². The van der Waals surface area contributed by atoms with Gasteiger partial charge in [-0.05, 0) is 62.6 Å². The Kier molecular flexibility index (Phi) is 12.1. The number of unbranched alkanes of at least 4 members (excludes halogenated alkanes) is 1. The highest BCUT2D eigenvalue weighted by Crippen LogP contribution is 2.38. The van der Waals surface area contributed by atoms with Gasteiger partial charge in [0.25, 0.3) is 0 Å². The molecule has 1 fully saturated rings. The minimum atomic E-state index is -4.58. The van der Waals surface area contributed by atoms with E-state index in [1.807, 2.05) is 19.9 Å². The Labute approximate surface area is 191 Å². The van der Waals surface area contributed by atoms with Crippen molar-refractivity contribution in [1.29, 1.82) is 0 Å². The SMILES string of the molecule is C=C(OC(C)CCCC)C(=C(CC)C(=CCC)CN1CCCC(CC(=O)O)C1)C(F)(F)F. The van der Waals surface area contributed by atoms with Crippen molar-refractivity contribution >= 4 is 5.97 Å². The van der Waals surface area contributed by atoms with Crippen LogP contribution in [0.3, 0.4) is 0 Å². The van der Waals surface area contributed by atoms with Crippen LogP contribution in [0, 0.1) is 5.92 Å². The number of piperidine rings is 1. The maximum atomic E-state index is 14.2. The molecule has 1 aliphatic rings. The Morgan fingerprint density at radius 1 is 1.31 bits per heavy atom. The van der Waals surface area contributed by atoms with Gasteiger partial charge >= 0.3 is 12.1 Å². The summed E-state index contributed by atoms with van der Waals surface area (Å²) in [5, 5.41) is 9.11. The summed E-state index contributed by atoms with van der Waals surface area (Å²) in [6, 6.07) is 0. The zero-order valence-electron chi connectivity index (χ0n) is 20.1. The number of hydrogen-bond donors (Lipinski definition) is 1. The Bertz CT molecular complexity index is 682. The molecule has 0 spiro atoms. The zero-order chi connectivity index (χ0) is 24.3. The van der Waals surface area contributed by atoms with Crippen LogP contribution in [0.1, 0.15) is 79.1 Å². The summed E-state index contributed by atoms with van der Waals surface area (Å²) in [6.07, 6.45) is 2.03. The highest BCUT2D eigenvalue weighted by Gasteiger charge is 2.40. The van der Waals surface area contributed by atoms with E-state index in [-0.39, 0.29) is 36.2 Å². The molecular formula is C25H40F3NO3. The number of hydrogen-bond acceptors (Lipinski definition) is 3. The molecule has 0 bridgehead atoms. The molecule has 0 aromatic heterocycles. The van der Waals surface area contributed by atoms with Gasteiger partial charge in [-0.15, -0.1) is 0 Å². The van der Waals surface area contributed by atoms with Crippen molar-refractivity contribution in [2.45, 2.75) is 91.3 Å². The largest absolute Gasteiger partial charge is 0.491 e. The lowest BCUT2D eigenvalue weighted by molar-refractivity contribution is -0.138. The average molecular weight is 460 g/mol. The first-order chi connectivity index (χ1) is 15.0. The smallest absolute Gasteiger partial charge is 0.420 e. The van der Waals surface area contributed by atoms with Crippen LogP contribution >= 0.6 is 0 Å². The van der Waals surface area contributed by atoms with Crippen LogP contribution in [0.15, 0.2) is 35.1 Å². The highest BCUT2D eigenvalue weighted by atomic mass is 19.4. The third-order valence-electron chi connectivity index (χ3n) is 5.82. The van der Waals surface area contributed by atoms with Crippen molar-refractivity contribution in [3.8, 4) is 0 Å². The fourth-order valence-corrected chi connectivity index (χ4v) is 4.39. The Hall–Kier alpha value is -1.76. The van der Waals surface area contributed by atoms with E-state index >= 15 is 0 Å². The first-order valence-electron chi connectivity index (χ1n) is 11.8. The standard InChI is InChI=1S/C25H40F3NO3/c1-6-9-12-18(4)32-19(5)24(25(26,27)28)22(8-3)21(11-7-2)17-29-14-10-13-20(16-29)15-23(30)31/h11,18,20H,5-10,12-17H2,1-4H3,(H,30,31). The molecule has 7 heteroatoms. The Morgan fingerprint density at radius 3 is 2.53 bits per heavy atom. The molecule has 1 rings (SSSR count). The van der Waals surface area contributed by atoms with Gasteiger partial charge < -0.3 is 9.84 Å². The average Bonchev–Trinajstić information content (AvgIpc) is 2.68. The molecule has 1 N–H and O–H groups in total. The summed E-state index contributed by atoms with van der Waals surface area (Å²) in [4.78, 5) is 13.2. The molecule has 0 aromatic carbocycles. The van der Waals surface area contributed by atoms with Crippen LogP contribution in [0.5, 0.6) is 0 Å². The summed E-state index contributed by atoms with van der Waals surface area (Å²) >= 11 is 0. The van der Waals surface area contributed by atoms with Gasteiger partial charge in [0.05, 0.1) is 6.10 Å². The molecule has 2 atom stereocenters. The van der Waals surface area contributed by atoms with E-state index in [4.69, 9.17) is 9.84 Å². The number of allylic oxidation sites excluding steroid dienone is 2. The molecule has 0 radical (unpaired) electrons. The third-order valence-corrected chi connectivity index (χ3v) is 5.82. The lowest BCUT2D eigenvalue weighted by Gasteiger charge is -2.33. The lowest BCUT2D eigenvalue weighted by Crippen LogP contribution is -2.38. The number of halogens is 3. The van der Waals surface area contributed by atoms with E-state index in [9.17, 15) is 18.0 Å². The van der Waals surface area contributed by atoms with E-state index in [1.54, 1.807) is 13.8 Å². The molecule has 0 saturated carbocycles. The molecule has 0 amide bonds. The van der Waals surface area contributed by atoms with Crippen molar-refractivity contribution in [2.24, 2.45) is 5.92 Å². The van der Waals surface area contributed by atoms with Crippen molar-refractivity contribution < 1.29 is 27.8 Å². The van der Waals surface area contributed by atoms with Crippen LogP contribution in [-0.4, -0.2) is 47.9 Å². The Morgan fingerprint density at radius 2 is 2.00 bits per heavy atom. The number of carbonyl (C=O) groups is 1. The number of carboxylic acid groups (broad SMARTS) is 1. The van der Waals surface area contributed by atoms with Gasteiger partial charge in [-0.1, -0.05) is 46.3 Å². The predicted octanol–water partition coefficient (Wildman–Crippen LogP) is 6.89. The van der Waals surface area contributed by atoms with E-state index in [0.717, 1.165) is 32.2 Å². The van der Waals surface area contributed by atoms with Crippen LogP contribution in [0.2, 0.25) is 0 Å². The maximum absolute atomic E-state index is 14.2. The fraction of sp³-hybridized carbons (Fsp3) is 0.720. The normalized spacial score (nSPS) is 20.0. The molecule has 32 heavy (non-hydrogen) atoms. The summed E-state index contributed by atoms with van der Waals surface area (Å²) in [7, 11) is 0. The van der Waals surface area contributed by atoms with Gasteiger partial charge in [0.2, 0.25) is 0 Å². The molecule has 1 aliphatic heterocycles. The second-order valence-corrected chi connectivity index (χ2v) is 8.68. The number of aliphatic carboxylic acids is 1. The highest BCUT2D eigenvalue weighted by molar-refractivity contribution is 5.67. The summed E-state index contributed by atoms with van der Waals surface area (Å²) < 4.78 is 48.2. The van der Waals surface area contributed by atoms with E-state index in [0.29, 0.717) is 31.5 Å². The molecule has 1 heterocycles. The van der Waals surface area contributed by atoms with Crippen molar-refractivity contribution in [3.05, 3.63) is 35.1 Å². The monoisotopic (exact) mass is 459 g/mol. The van der Waals surface area contributed by atoms with Crippen LogP contribution in [-0.2, 0) is 9.53 Å². The quantitative estimate of drug-likeness (QED) is 0.241. The fourth-order valence-electron chi connectivity index (χ4n) is 4.39. The van der Waals surface area contributed by atoms with Gasteiger partial charge in [-0.3, -0.25) is 9.69 Å². The number of rotatable bonds is 13.